The molecule has 1 unspecified atom stereocenters. The van der Waals surface area contributed by atoms with E-state index in [4.69, 9.17) is 10.5 Å². The van der Waals surface area contributed by atoms with Crippen LogP contribution in [0.4, 0.5) is 5.13 Å². The lowest BCUT2D eigenvalue weighted by Gasteiger charge is -2.49. The molecule has 2 aliphatic rings. The smallest absolute Gasteiger partial charge is 0.352 e. The lowest BCUT2D eigenvalue weighted by atomic mass is 10.0. The van der Waals surface area contributed by atoms with Gasteiger partial charge in [0.05, 0.1) is 0 Å². The molecule has 3 heterocycles. The van der Waals surface area contributed by atoms with Gasteiger partial charge in [-0.05, 0) is 11.6 Å². The van der Waals surface area contributed by atoms with Crippen molar-refractivity contribution >= 4 is 63.7 Å². The molecule has 34 heavy (non-hydrogen) atoms. The quantitative estimate of drug-likeness (QED) is 0.139. The molecule has 0 spiro atoms. The Morgan fingerprint density at radius 3 is 2.68 bits per heavy atom. The number of oxime groups is 1. The van der Waals surface area contributed by atoms with Crippen LogP contribution in [0.25, 0.3) is 0 Å². The number of nitrogens with zero attached hydrogens (tertiary/aromatic N) is 3. The number of nitrogens with one attached hydrogen (secondary N) is 1. The predicted octanol–water partition coefficient (Wildman–Crippen LogP) is -0.150. The van der Waals surface area contributed by atoms with Gasteiger partial charge in [-0.2, -0.15) is 0 Å². The van der Waals surface area contributed by atoms with Gasteiger partial charge in [0.1, 0.15) is 29.4 Å². The summed E-state index contributed by atoms with van der Waals surface area (Å²) < 4.78 is 4.78. The van der Waals surface area contributed by atoms with Crippen LogP contribution >= 0.6 is 23.1 Å². The lowest BCUT2D eigenvalue weighted by molar-refractivity contribution is -0.150. The van der Waals surface area contributed by atoms with E-state index in [1.807, 2.05) is 0 Å². The number of aromatic nitrogens is 1. The van der Waals surface area contributed by atoms with E-state index >= 15 is 0 Å². The van der Waals surface area contributed by atoms with Crippen LogP contribution in [0.3, 0.4) is 0 Å². The van der Waals surface area contributed by atoms with Crippen molar-refractivity contribution < 1.29 is 38.7 Å². The number of carbonyl (C=O) groups excluding carboxylic acids is 4. The summed E-state index contributed by atoms with van der Waals surface area (Å²) in [5.41, 5.74) is 5.41. The number of fused-ring (bicyclic) bond motifs is 1. The molecule has 2 aliphatic heterocycles. The van der Waals surface area contributed by atoms with Crippen molar-refractivity contribution in [2.45, 2.75) is 25.3 Å². The average molecular weight is 510 g/mol. The van der Waals surface area contributed by atoms with Crippen molar-refractivity contribution in [2.24, 2.45) is 5.16 Å². The number of nitrogen functional groups attached to an aromatic ring is 1. The third-order valence-electron chi connectivity index (χ3n) is 4.43. The number of carboxylic acids is 1. The molecule has 1 aromatic heterocycles. The number of anilines is 1. The van der Waals surface area contributed by atoms with Gasteiger partial charge in [-0.15, -0.1) is 23.1 Å². The standard InChI is InChI=1S/C19H19N5O8S2/c1-8(25)31-5-3-4-10-6-33-17-13(16(28)24(17)14(10)18(29)30)22-15(27)12(23-32-9(2)26)11-7-34-19(20)21-11/h3-4,7,13,17H,5-6H2,1-2H3,(H2,20,21)(H,22,27)(H,29,30)/b4-3-,23-12-/t13?,17-/m0/s1. The lowest BCUT2D eigenvalue weighted by Crippen LogP contribution is -2.71. The second-order valence-corrected chi connectivity index (χ2v) is 8.83. The first-order chi connectivity index (χ1) is 16.1. The Balaban J connectivity index is 1.77. The highest BCUT2D eigenvalue weighted by Crippen LogP contribution is 2.40. The van der Waals surface area contributed by atoms with Gasteiger partial charge in [0.15, 0.2) is 10.8 Å². The molecule has 15 heteroatoms. The van der Waals surface area contributed by atoms with Crippen LogP contribution in [0.1, 0.15) is 19.5 Å². The van der Waals surface area contributed by atoms with Crippen LogP contribution in [0.2, 0.25) is 0 Å². The first-order valence-corrected chi connectivity index (χ1v) is 11.5. The zero-order valence-corrected chi connectivity index (χ0v) is 19.5. The summed E-state index contributed by atoms with van der Waals surface area (Å²) in [6.07, 6.45) is 2.95. The number of β-lactam (4-membered cyclic amide) rings is 1. The van der Waals surface area contributed by atoms with E-state index < -0.39 is 41.1 Å². The summed E-state index contributed by atoms with van der Waals surface area (Å²) in [4.78, 5) is 69.1. The highest BCUT2D eigenvalue weighted by molar-refractivity contribution is 8.00. The molecule has 180 valence electrons. The van der Waals surface area contributed by atoms with E-state index in [1.54, 1.807) is 0 Å². The van der Waals surface area contributed by atoms with Crippen LogP contribution in [0, 0.1) is 0 Å². The number of ether oxygens (including phenoxy) is 1. The number of hydrogen-bond donors (Lipinski definition) is 3. The second kappa shape index (κ2) is 10.5. The fraction of sp³-hybridized carbons (Fsp3) is 0.316. The Hall–Kier alpha value is -3.72. The topological polar surface area (TPSA) is 191 Å². The zero-order chi connectivity index (χ0) is 25.0. The number of thiazole rings is 1. The summed E-state index contributed by atoms with van der Waals surface area (Å²) in [6.45, 7) is 2.30. The zero-order valence-electron chi connectivity index (χ0n) is 17.8. The van der Waals surface area contributed by atoms with Gasteiger partial charge < -0.3 is 25.7 Å². The normalized spacial score (nSPS) is 20.0. The summed E-state index contributed by atoms with van der Waals surface area (Å²) in [5, 5.41) is 16.6. The molecule has 1 saturated heterocycles. The van der Waals surface area contributed by atoms with Gasteiger partial charge in [-0.3, -0.25) is 19.3 Å². The third-order valence-corrected chi connectivity index (χ3v) is 6.41. The molecule has 3 rings (SSSR count). The minimum absolute atomic E-state index is 0.0436. The summed E-state index contributed by atoms with van der Waals surface area (Å²) in [6, 6.07) is -1.04. The van der Waals surface area contributed by atoms with Crippen LogP contribution in [-0.4, -0.2) is 74.2 Å². The molecule has 0 bridgehead atoms. The number of aliphatic carboxylic acids is 1. The maximum absolute atomic E-state index is 12.8. The first-order valence-electron chi connectivity index (χ1n) is 9.59. The predicted molar refractivity (Wildman–Crippen MR) is 120 cm³/mol. The minimum atomic E-state index is -1.31. The number of amides is 2. The molecule has 1 fully saturated rings. The Labute approximate surface area is 200 Å². The van der Waals surface area contributed by atoms with Gasteiger partial charge in [0.2, 0.25) is 0 Å². The Morgan fingerprint density at radius 2 is 2.09 bits per heavy atom. The minimum Gasteiger partial charge on any atom is -0.477 e. The van der Waals surface area contributed by atoms with Crippen LogP contribution in [0.5, 0.6) is 0 Å². The molecule has 0 aliphatic carbocycles. The van der Waals surface area contributed by atoms with Crippen LogP contribution in [0.15, 0.2) is 34.0 Å². The van der Waals surface area contributed by atoms with E-state index in [2.05, 4.69) is 20.3 Å². The van der Waals surface area contributed by atoms with Gasteiger partial charge in [0.25, 0.3) is 11.8 Å². The van der Waals surface area contributed by atoms with Gasteiger partial charge >= 0.3 is 17.9 Å². The molecular formula is C19H19N5O8S2. The number of hydrogen-bond acceptors (Lipinski definition) is 12. The van der Waals surface area contributed by atoms with Crippen molar-refractivity contribution in [3.8, 4) is 0 Å². The largest absolute Gasteiger partial charge is 0.477 e. The Morgan fingerprint density at radius 1 is 1.35 bits per heavy atom. The number of rotatable bonds is 8. The average Bonchev–Trinajstić information content (AvgIpc) is 3.19. The number of nitrogens with two attached hydrogens (primary N) is 1. The van der Waals surface area contributed by atoms with E-state index in [-0.39, 0.29) is 34.6 Å². The fourth-order valence-electron chi connectivity index (χ4n) is 3.05. The molecule has 13 nitrogen and oxygen atoms in total. The van der Waals surface area contributed by atoms with Crippen LogP contribution < -0.4 is 11.1 Å². The Kier molecular flexibility index (Phi) is 7.68. The number of esters is 1. The SMILES string of the molecule is CC(=O)OC/C=C\C1=C(C(=O)O)N2C(=O)C(NC(=O)/C(=N\OC(C)=O)c3csc(N)n3)[C@@H]2SC1. The van der Waals surface area contributed by atoms with E-state index in [9.17, 15) is 29.1 Å². The van der Waals surface area contributed by atoms with Crippen molar-refractivity contribution in [3.63, 3.8) is 0 Å². The first kappa shape index (κ1) is 24.9. The highest BCUT2D eigenvalue weighted by Gasteiger charge is 2.54. The number of carboxylic acid groups (broad SMARTS) is 1. The van der Waals surface area contributed by atoms with Crippen LogP contribution in [-0.2, 0) is 33.5 Å². The highest BCUT2D eigenvalue weighted by atomic mass is 32.2. The van der Waals surface area contributed by atoms with Gasteiger partial charge in [-0.25, -0.2) is 14.6 Å². The van der Waals surface area contributed by atoms with E-state index in [0.29, 0.717) is 5.57 Å². The van der Waals surface area contributed by atoms with Gasteiger partial charge in [0, 0.05) is 25.0 Å². The summed E-state index contributed by atoms with van der Waals surface area (Å²) in [7, 11) is 0. The summed E-state index contributed by atoms with van der Waals surface area (Å²) >= 11 is 2.28. The summed E-state index contributed by atoms with van der Waals surface area (Å²) in [5.74, 6) is -3.82. The van der Waals surface area contributed by atoms with Crippen molar-refractivity contribution in [3.05, 3.63) is 34.5 Å². The molecule has 1 aromatic rings. The third kappa shape index (κ3) is 5.43. The molecule has 2 amide bonds. The number of carbonyl (C=O) groups is 5. The van der Waals surface area contributed by atoms with Crippen molar-refractivity contribution in [1.29, 1.82) is 0 Å². The maximum Gasteiger partial charge on any atom is 0.352 e. The molecule has 0 radical (unpaired) electrons. The van der Waals surface area contributed by atoms with Crippen molar-refractivity contribution in [1.82, 2.24) is 15.2 Å². The van der Waals surface area contributed by atoms with Gasteiger partial charge in [-0.1, -0.05) is 11.2 Å². The fourth-order valence-corrected chi connectivity index (χ4v) is 4.91. The molecule has 0 aromatic carbocycles. The monoisotopic (exact) mass is 509 g/mol. The van der Waals surface area contributed by atoms with E-state index in [1.165, 1.54) is 36.2 Å². The second-order valence-electron chi connectivity index (χ2n) is 6.84. The molecule has 0 saturated carbocycles. The Bertz CT molecular complexity index is 1140. The molecule has 2 atom stereocenters. The van der Waals surface area contributed by atoms with E-state index in [0.717, 1.165) is 23.2 Å². The number of allylic oxidation sites excluding steroid dienone is 1. The molecule has 4 N–H and O–H groups in total. The number of thioether (sulfide) groups is 1. The molecular weight excluding hydrogens is 490 g/mol. The maximum atomic E-state index is 12.8. The van der Waals surface area contributed by atoms with Crippen molar-refractivity contribution in [2.75, 3.05) is 18.1 Å².